The van der Waals surface area contributed by atoms with Crippen LogP contribution in [0.3, 0.4) is 0 Å². The van der Waals surface area contributed by atoms with E-state index in [9.17, 15) is 0 Å². The van der Waals surface area contributed by atoms with E-state index in [4.69, 9.17) is 32.9 Å². The average molecular weight is 442 g/mol. The Balaban J connectivity index is 2.27. The zero-order valence-corrected chi connectivity index (χ0v) is 19.9. The quantitative estimate of drug-likeness (QED) is 0.270. The van der Waals surface area contributed by atoms with Crippen molar-refractivity contribution in [2.45, 2.75) is 69.9 Å². The number of ether oxygens (including phenoxy) is 1. The molecule has 164 valence electrons. The largest absolute Gasteiger partial charge is 0.355 e. The molecule has 1 aliphatic carbocycles. The van der Waals surface area contributed by atoms with E-state index in [0.717, 1.165) is 57.4 Å². The van der Waals surface area contributed by atoms with Gasteiger partial charge in [-0.3, -0.25) is 0 Å². The first-order chi connectivity index (χ1) is 13.9. The molecule has 0 spiro atoms. The Bertz CT molecular complexity index is 671. The Kier molecular flexibility index (Phi) is 10.2. The summed E-state index contributed by atoms with van der Waals surface area (Å²) in [6.07, 6.45) is 16.5. The summed E-state index contributed by atoms with van der Waals surface area (Å²) in [5.41, 5.74) is 0. The van der Waals surface area contributed by atoms with Gasteiger partial charge in [0, 0.05) is 35.8 Å². The van der Waals surface area contributed by atoms with E-state index in [0.29, 0.717) is 11.6 Å². The van der Waals surface area contributed by atoms with E-state index in [2.05, 4.69) is 49.7 Å². The van der Waals surface area contributed by atoms with Crippen LogP contribution in [-0.4, -0.2) is 46.8 Å². The lowest BCUT2D eigenvalue weighted by Crippen LogP contribution is -2.39. The van der Waals surface area contributed by atoms with Gasteiger partial charge in [-0.2, -0.15) is 0 Å². The first kappa shape index (κ1) is 24.5. The Morgan fingerprint density at radius 1 is 1.24 bits per heavy atom. The van der Waals surface area contributed by atoms with E-state index in [1.54, 1.807) is 0 Å². The highest BCUT2D eigenvalue weighted by Gasteiger charge is 2.43. The highest BCUT2D eigenvalue weighted by Crippen LogP contribution is 2.45. The number of hydrogen-bond acceptors (Lipinski definition) is 3. The zero-order chi connectivity index (χ0) is 21.3. The van der Waals surface area contributed by atoms with Crippen molar-refractivity contribution in [3.8, 4) is 0 Å². The molecule has 2 rings (SSSR count). The number of unbranched alkanes of at least 4 members (excludes halogenated alkanes) is 2. The molecule has 0 aromatic carbocycles. The van der Waals surface area contributed by atoms with Crippen molar-refractivity contribution in [1.29, 1.82) is 0 Å². The second-order valence-electron chi connectivity index (χ2n) is 8.20. The molecule has 1 heterocycles. The van der Waals surface area contributed by atoms with Crippen molar-refractivity contribution < 1.29 is 4.74 Å². The van der Waals surface area contributed by atoms with Crippen LogP contribution in [0.4, 0.5) is 0 Å². The fourth-order valence-corrected chi connectivity index (χ4v) is 4.59. The highest BCUT2D eigenvalue weighted by molar-refractivity contribution is 6.33. The zero-order valence-electron chi connectivity index (χ0n) is 18.4. The van der Waals surface area contributed by atoms with Crippen molar-refractivity contribution in [3.05, 3.63) is 41.5 Å². The third kappa shape index (κ3) is 7.13. The molecule has 3 unspecified atom stereocenters. The van der Waals surface area contributed by atoms with Gasteiger partial charge in [0.25, 0.3) is 0 Å². The minimum Gasteiger partial charge on any atom is -0.355 e. The SMILES string of the molecule is CCCCC(c1nccn1CCCC)C1C=CC(Cl)=CC1(Cl)OCCCN(C)C. The smallest absolute Gasteiger partial charge is 0.169 e. The molecular formula is C23H37Cl2N3O. The van der Waals surface area contributed by atoms with Crippen molar-refractivity contribution in [1.82, 2.24) is 14.5 Å². The van der Waals surface area contributed by atoms with Crippen molar-refractivity contribution in [2.24, 2.45) is 5.92 Å². The molecule has 1 aromatic heterocycles. The van der Waals surface area contributed by atoms with Gasteiger partial charge in [0.15, 0.2) is 5.06 Å². The van der Waals surface area contributed by atoms with Gasteiger partial charge < -0.3 is 14.2 Å². The van der Waals surface area contributed by atoms with Crippen LogP contribution >= 0.6 is 23.2 Å². The highest BCUT2D eigenvalue weighted by atomic mass is 35.5. The minimum atomic E-state index is -0.946. The van der Waals surface area contributed by atoms with E-state index in [1.165, 1.54) is 0 Å². The molecule has 0 amide bonds. The Labute approximate surface area is 186 Å². The Morgan fingerprint density at radius 3 is 2.69 bits per heavy atom. The maximum absolute atomic E-state index is 7.11. The molecule has 29 heavy (non-hydrogen) atoms. The van der Waals surface area contributed by atoms with Crippen molar-refractivity contribution >= 4 is 23.2 Å². The van der Waals surface area contributed by atoms with Crippen LogP contribution in [-0.2, 0) is 11.3 Å². The standard InChI is InChI=1S/C23H37Cl2N3O/c1-5-7-10-20(22-26-13-16-28(22)15-8-6-2)21-12-11-19(24)18-23(21,25)29-17-9-14-27(3)4/h11-13,16,18,20-21H,5-10,14-15,17H2,1-4H3. The predicted molar refractivity (Wildman–Crippen MR) is 124 cm³/mol. The van der Waals surface area contributed by atoms with Gasteiger partial charge in [0.1, 0.15) is 5.82 Å². The number of aryl methyl sites for hydroxylation is 1. The minimum absolute atomic E-state index is 0.0136. The second-order valence-corrected chi connectivity index (χ2v) is 9.23. The summed E-state index contributed by atoms with van der Waals surface area (Å²) >= 11 is 13.5. The number of rotatable bonds is 13. The molecular weight excluding hydrogens is 405 g/mol. The molecule has 0 aliphatic heterocycles. The summed E-state index contributed by atoms with van der Waals surface area (Å²) < 4.78 is 8.57. The van der Waals surface area contributed by atoms with E-state index in [-0.39, 0.29) is 11.8 Å². The molecule has 1 aromatic rings. The molecule has 0 fully saturated rings. The summed E-state index contributed by atoms with van der Waals surface area (Å²) in [5.74, 6) is 1.28. The number of aromatic nitrogens is 2. The van der Waals surface area contributed by atoms with Crippen molar-refractivity contribution in [2.75, 3.05) is 27.2 Å². The summed E-state index contributed by atoms with van der Waals surface area (Å²) in [6.45, 7) is 6.98. The van der Waals surface area contributed by atoms with E-state index in [1.807, 2.05) is 18.3 Å². The molecule has 0 saturated heterocycles. The number of imidazole rings is 1. The monoisotopic (exact) mass is 441 g/mol. The maximum atomic E-state index is 7.11. The lowest BCUT2D eigenvalue weighted by molar-refractivity contribution is 0.0107. The molecule has 0 bridgehead atoms. The molecule has 1 aliphatic rings. The fraction of sp³-hybridized carbons (Fsp3) is 0.696. The Hall–Kier alpha value is -0.810. The molecule has 6 heteroatoms. The normalized spacial score (nSPS) is 22.9. The number of halogens is 2. The third-order valence-electron chi connectivity index (χ3n) is 5.46. The van der Waals surface area contributed by atoms with E-state index < -0.39 is 5.06 Å². The van der Waals surface area contributed by atoms with Crippen LogP contribution in [0.2, 0.25) is 0 Å². The van der Waals surface area contributed by atoms with Crippen LogP contribution in [0.1, 0.15) is 64.1 Å². The lowest BCUT2D eigenvalue weighted by atomic mass is 9.80. The van der Waals surface area contributed by atoms with Crippen LogP contribution in [0.25, 0.3) is 0 Å². The van der Waals surface area contributed by atoms with Crippen LogP contribution in [0.5, 0.6) is 0 Å². The van der Waals surface area contributed by atoms with Crippen LogP contribution < -0.4 is 0 Å². The molecule has 0 N–H and O–H groups in total. The Morgan fingerprint density at radius 2 is 2.00 bits per heavy atom. The first-order valence-electron chi connectivity index (χ1n) is 11.0. The summed E-state index contributed by atoms with van der Waals surface area (Å²) in [6, 6.07) is 0. The van der Waals surface area contributed by atoms with Crippen LogP contribution in [0, 0.1) is 5.92 Å². The number of alkyl halides is 1. The van der Waals surface area contributed by atoms with Crippen molar-refractivity contribution in [3.63, 3.8) is 0 Å². The fourth-order valence-electron chi connectivity index (χ4n) is 3.88. The first-order valence-corrected chi connectivity index (χ1v) is 11.7. The maximum Gasteiger partial charge on any atom is 0.169 e. The van der Waals surface area contributed by atoms with Gasteiger partial charge in [-0.25, -0.2) is 4.98 Å². The van der Waals surface area contributed by atoms with Gasteiger partial charge in [-0.15, -0.1) is 0 Å². The molecule has 3 atom stereocenters. The predicted octanol–water partition coefficient (Wildman–Crippen LogP) is 6.17. The molecule has 0 saturated carbocycles. The molecule has 4 nitrogen and oxygen atoms in total. The summed E-state index contributed by atoms with van der Waals surface area (Å²) in [5, 5.41) is -0.314. The lowest BCUT2D eigenvalue weighted by Gasteiger charge is -2.38. The summed E-state index contributed by atoms with van der Waals surface area (Å²) in [4.78, 5) is 6.91. The topological polar surface area (TPSA) is 30.3 Å². The van der Waals surface area contributed by atoms with Gasteiger partial charge in [-0.1, -0.05) is 62.4 Å². The van der Waals surface area contributed by atoms with Gasteiger partial charge in [0.05, 0.1) is 6.61 Å². The third-order valence-corrected chi connectivity index (χ3v) is 6.16. The summed E-state index contributed by atoms with van der Waals surface area (Å²) in [7, 11) is 4.13. The number of allylic oxidation sites excluding steroid dienone is 2. The number of hydrogen-bond donors (Lipinski definition) is 0. The second kappa shape index (κ2) is 12.1. The number of nitrogens with zero attached hydrogens (tertiary/aromatic N) is 3. The van der Waals surface area contributed by atoms with Gasteiger partial charge in [0.2, 0.25) is 0 Å². The van der Waals surface area contributed by atoms with Crippen LogP contribution in [0.15, 0.2) is 35.7 Å². The molecule has 0 radical (unpaired) electrons. The van der Waals surface area contributed by atoms with Gasteiger partial charge >= 0.3 is 0 Å². The van der Waals surface area contributed by atoms with E-state index >= 15 is 0 Å². The average Bonchev–Trinajstić information content (AvgIpc) is 3.13. The van der Waals surface area contributed by atoms with Gasteiger partial charge in [-0.05, 0) is 52.1 Å².